The molecule has 0 aromatic heterocycles. The molecule has 0 N–H and O–H groups in total. The van der Waals surface area contributed by atoms with Gasteiger partial charge in [-0.15, -0.1) is 0 Å². The lowest BCUT2D eigenvalue weighted by Crippen LogP contribution is -2.30. The lowest BCUT2D eigenvalue weighted by molar-refractivity contribution is -0.167. The maximum atomic E-state index is 12.9. The molecule has 0 aliphatic rings. The number of unbranched alkanes of at least 4 members (excludes halogenated alkanes) is 39. The summed E-state index contributed by atoms with van der Waals surface area (Å²) in [5, 5.41) is 0. The normalized spacial score (nSPS) is 12.2. The third-order valence-electron chi connectivity index (χ3n) is 13.6. The average molecular weight is 970 g/mol. The van der Waals surface area contributed by atoms with Crippen LogP contribution in [0, 0.1) is 0 Å². The first-order chi connectivity index (χ1) is 34.0. The molecule has 0 aromatic carbocycles. The first-order valence-electron chi connectivity index (χ1n) is 30.5. The monoisotopic (exact) mass is 969 g/mol. The van der Waals surface area contributed by atoms with Crippen LogP contribution in [0.25, 0.3) is 0 Å². The van der Waals surface area contributed by atoms with Gasteiger partial charge in [-0.1, -0.05) is 269 Å². The molecule has 0 unspecified atom stereocenters. The van der Waals surface area contributed by atoms with Crippen LogP contribution >= 0.6 is 0 Å². The molecular weight excluding hydrogens is 853 g/mol. The molecule has 0 aromatic rings. The fourth-order valence-corrected chi connectivity index (χ4v) is 9.00. The van der Waals surface area contributed by atoms with Crippen LogP contribution in [0.2, 0.25) is 0 Å². The summed E-state index contributed by atoms with van der Waals surface area (Å²) in [5.74, 6) is -0.856. The second kappa shape index (κ2) is 58.2. The topological polar surface area (TPSA) is 78.9 Å². The Morgan fingerprint density at radius 1 is 0.290 bits per heavy atom. The third kappa shape index (κ3) is 56.4. The van der Waals surface area contributed by atoms with Gasteiger partial charge in [0, 0.05) is 19.3 Å². The minimum absolute atomic E-state index is 0.0701. The van der Waals surface area contributed by atoms with Crippen LogP contribution in [0.4, 0.5) is 0 Å². The molecule has 0 fully saturated rings. The van der Waals surface area contributed by atoms with Gasteiger partial charge >= 0.3 is 17.9 Å². The van der Waals surface area contributed by atoms with Gasteiger partial charge in [0.2, 0.25) is 0 Å². The first kappa shape index (κ1) is 66.6. The number of allylic oxidation sites excluding steroid dienone is 6. The molecule has 0 amide bonds. The zero-order valence-electron chi connectivity index (χ0n) is 46.3. The minimum atomic E-state index is -0.772. The quantitative estimate of drug-likeness (QED) is 0.0261. The molecular formula is C63H116O6. The van der Waals surface area contributed by atoms with Crippen LogP contribution in [0.1, 0.15) is 329 Å². The van der Waals surface area contributed by atoms with Gasteiger partial charge in [-0.05, 0) is 77.0 Å². The van der Waals surface area contributed by atoms with Gasteiger partial charge in [0.15, 0.2) is 6.10 Å². The average Bonchev–Trinajstić information content (AvgIpc) is 3.35. The minimum Gasteiger partial charge on any atom is -0.462 e. The maximum Gasteiger partial charge on any atom is 0.306 e. The Balaban J connectivity index is 4.32. The number of esters is 3. The highest BCUT2D eigenvalue weighted by molar-refractivity contribution is 5.71. The predicted molar refractivity (Wildman–Crippen MR) is 298 cm³/mol. The maximum absolute atomic E-state index is 12.9. The van der Waals surface area contributed by atoms with E-state index in [-0.39, 0.29) is 31.1 Å². The van der Waals surface area contributed by atoms with Crippen molar-refractivity contribution in [2.75, 3.05) is 13.2 Å². The highest BCUT2D eigenvalue weighted by Crippen LogP contribution is 2.17. The van der Waals surface area contributed by atoms with Gasteiger partial charge in [0.25, 0.3) is 0 Å². The van der Waals surface area contributed by atoms with Gasteiger partial charge in [0.05, 0.1) is 0 Å². The van der Waals surface area contributed by atoms with Crippen LogP contribution in [0.3, 0.4) is 0 Å². The van der Waals surface area contributed by atoms with E-state index in [0.717, 1.165) is 64.2 Å². The summed E-state index contributed by atoms with van der Waals surface area (Å²) in [6.07, 6.45) is 69.9. The fourth-order valence-electron chi connectivity index (χ4n) is 9.00. The molecule has 1 atom stereocenters. The lowest BCUT2D eigenvalue weighted by Gasteiger charge is -2.18. The predicted octanol–water partition coefficient (Wildman–Crippen LogP) is 20.4. The molecule has 0 aliphatic heterocycles. The Hall–Kier alpha value is -2.37. The zero-order chi connectivity index (χ0) is 50.0. The molecule has 0 heterocycles. The van der Waals surface area contributed by atoms with Crippen molar-refractivity contribution in [3.63, 3.8) is 0 Å². The fraction of sp³-hybridized carbons (Fsp3) is 0.857. The first-order valence-corrected chi connectivity index (χ1v) is 30.5. The summed E-state index contributed by atoms with van der Waals surface area (Å²) in [6, 6.07) is 0. The number of carbonyl (C=O) groups is 3. The standard InChI is InChI=1S/C63H116O6/c1-4-7-10-13-16-19-22-25-27-29-31-33-35-38-41-44-47-50-53-56-62(65)68-59-60(58-67-61(64)55-52-49-46-43-40-37-24-21-18-15-12-9-6-3)69-63(66)57-54-51-48-45-42-39-36-34-32-30-28-26-23-20-17-14-11-8-5-2/h16,19,25-28,60H,4-15,17-18,20-24,29-59H2,1-3H3/b19-16-,27-25-,28-26-/t60-/m0/s1. The second-order valence-electron chi connectivity index (χ2n) is 20.6. The molecule has 6 nitrogen and oxygen atoms in total. The summed E-state index contributed by atoms with van der Waals surface area (Å²) >= 11 is 0. The van der Waals surface area contributed by atoms with E-state index in [1.165, 1.54) is 225 Å². The van der Waals surface area contributed by atoms with Crippen molar-refractivity contribution in [2.45, 2.75) is 335 Å². The Kier molecular flexibility index (Phi) is 56.2. The summed E-state index contributed by atoms with van der Waals surface area (Å²) in [7, 11) is 0. The van der Waals surface area contributed by atoms with E-state index in [1.807, 2.05) is 0 Å². The van der Waals surface area contributed by atoms with E-state index < -0.39 is 6.10 Å². The second-order valence-corrected chi connectivity index (χ2v) is 20.6. The third-order valence-corrected chi connectivity index (χ3v) is 13.6. The van der Waals surface area contributed by atoms with Gasteiger partial charge < -0.3 is 14.2 Å². The van der Waals surface area contributed by atoms with Crippen molar-refractivity contribution >= 4 is 17.9 Å². The molecule has 0 saturated heterocycles. The van der Waals surface area contributed by atoms with Crippen LogP contribution < -0.4 is 0 Å². The number of rotatable bonds is 56. The number of carbonyl (C=O) groups excluding carboxylic acids is 3. The molecule has 0 saturated carbocycles. The van der Waals surface area contributed by atoms with E-state index in [2.05, 4.69) is 57.2 Å². The number of hydrogen-bond donors (Lipinski definition) is 0. The summed E-state index contributed by atoms with van der Waals surface area (Å²) in [4.78, 5) is 38.2. The summed E-state index contributed by atoms with van der Waals surface area (Å²) in [5.41, 5.74) is 0. The van der Waals surface area contributed by atoms with Crippen molar-refractivity contribution in [3.8, 4) is 0 Å². The highest BCUT2D eigenvalue weighted by atomic mass is 16.6. The Labute approximate surface area is 429 Å². The summed E-state index contributed by atoms with van der Waals surface area (Å²) < 4.78 is 16.9. The van der Waals surface area contributed by atoms with E-state index in [1.54, 1.807) is 0 Å². The Morgan fingerprint density at radius 3 is 0.841 bits per heavy atom. The molecule has 0 bridgehead atoms. The SMILES string of the molecule is CCCCC/C=C\C/C=C\CCCCCCCCCCCC(=O)OC[C@H](COC(=O)CCCCCCCCCCCCCCC)OC(=O)CCCCCCCCCCC/C=C\CCCCCCCC. The van der Waals surface area contributed by atoms with Crippen molar-refractivity contribution in [1.29, 1.82) is 0 Å². The van der Waals surface area contributed by atoms with Crippen LogP contribution in [-0.2, 0) is 28.6 Å². The highest BCUT2D eigenvalue weighted by Gasteiger charge is 2.19. The molecule has 0 spiro atoms. The molecule has 0 radical (unpaired) electrons. The Morgan fingerprint density at radius 2 is 0.522 bits per heavy atom. The molecule has 0 aliphatic carbocycles. The van der Waals surface area contributed by atoms with Gasteiger partial charge in [-0.25, -0.2) is 0 Å². The van der Waals surface area contributed by atoms with Crippen molar-refractivity contribution < 1.29 is 28.6 Å². The Bertz CT molecular complexity index is 1160. The largest absolute Gasteiger partial charge is 0.462 e. The van der Waals surface area contributed by atoms with E-state index in [0.29, 0.717) is 19.3 Å². The van der Waals surface area contributed by atoms with E-state index >= 15 is 0 Å². The van der Waals surface area contributed by atoms with Crippen molar-refractivity contribution in [3.05, 3.63) is 36.5 Å². The van der Waals surface area contributed by atoms with Crippen LogP contribution in [0.5, 0.6) is 0 Å². The van der Waals surface area contributed by atoms with Gasteiger partial charge in [-0.2, -0.15) is 0 Å². The molecule has 404 valence electrons. The van der Waals surface area contributed by atoms with Gasteiger partial charge in [0.1, 0.15) is 13.2 Å². The van der Waals surface area contributed by atoms with E-state index in [4.69, 9.17) is 14.2 Å². The number of hydrogen-bond acceptors (Lipinski definition) is 6. The number of ether oxygens (including phenoxy) is 3. The lowest BCUT2D eigenvalue weighted by atomic mass is 10.0. The van der Waals surface area contributed by atoms with E-state index in [9.17, 15) is 14.4 Å². The summed E-state index contributed by atoms with van der Waals surface area (Å²) in [6.45, 7) is 6.65. The van der Waals surface area contributed by atoms with Crippen LogP contribution in [0.15, 0.2) is 36.5 Å². The smallest absolute Gasteiger partial charge is 0.306 e. The molecule has 6 heteroatoms. The van der Waals surface area contributed by atoms with Crippen LogP contribution in [-0.4, -0.2) is 37.2 Å². The molecule has 69 heavy (non-hydrogen) atoms. The zero-order valence-corrected chi connectivity index (χ0v) is 46.3. The van der Waals surface area contributed by atoms with Crippen molar-refractivity contribution in [2.24, 2.45) is 0 Å². The van der Waals surface area contributed by atoms with Crippen molar-refractivity contribution in [1.82, 2.24) is 0 Å². The van der Waals surface area contributed by atoms with Gasteiger partial charge in [-0.3, -0.25) is 14.4 Å². The molecule has 0 rings (SSSR count).